The van der Waals surface area contributed by atoms with Gasteiger partial charge in [0.05, 0.1) is 5.56 Å². The fourth-order valence-corrected chi connectivity index (χ4v) is 1.06. The molecule has 1 aromatic rings. The normalized spacial score (nSPS) is 11.4. The molecule has 0 fully saturated rings. The molecule has 1 rings (SSSR count). The summed E-state index contributed by atoms with van der Waals surface area (Å²) in [6, 6.07) is 1.37. The number of nitriles is 1. The molecule has 17 heavy (non-hydrogen) atoms. The van der Waals surface area contributed by atoms with Gasteiger partial charge in [-0.15, -0.1) is 13.2 Å². The van der Waals surface area contributed by atoms with E-state index in [1.165, 1.54) is 0 Å². The van der Waals surface area contributed by atoms with Gasteiger partial charge in [0.15, 0.2) is 0 Å². The van der Waals surface area contributed by atoms with E-state index in [1.807, 2.05) is 0 Å². The molecule has 1 aromatic heterocycles. The summed E-state index contributed by atoms with van der Waals surface area (Å²) in [5, 5.41) is 8.42. The van der Waals surface area contributed by atoms with E-state index in [1.54, 1.807) is 4.98 Å². The molecule has 1 heterocycles. The molecule has 0 saturated heterocycles. The van der Waals surface area contributed by atoms with Crippen LogP contribution in [0, 0.1) is 11.3 Å². The zero-order chi connectivity index (χ0) is 13.2. The Morgan fingerprint density at radius 1 is 1.41 bits per heavy atom. The number of hydrogen-bond donors (Lipinski definition) is 1. The first-order valence-electron chi connectivity index (χ1n) is 3.96. The monoisotopic (exact) mass is 254 g/mol. The third-order valence-corrected chi connectivity index (χ3v) is 1.60. The van der Waals surface area contributed by atoms with Crippen LogP contribution in [0.3, 0.4) is 0 Å². The Hall–Kier alpha value is -2.11. The van der Waals surface area contributed by atoms with Crippen LogP contribution in [0.1, 0.15) is 17.7 Å². The van der Waals surface area contributed by atoms with Gasteiger partial charge < -0.3 is 9.72 Å². The zero-order valence-corrected chi connectivity index (χ0v) is 7.81. The summed E-state index contributed by atoms with van der Waals surface area (Å²) in [7, 11) is 0. The van der Waals surface area contributed by atoms with Crippen LogP contribution < -0.4 is 10.3 Å². The van der Waals surface area contributed by atoms with Gasteiger partial charge >= 0.3 is 6.36 Å². The van der Waals surface area contributed by atoms with Crippen molar-refractivity contribution < 1.29 is 26.7 Å². The van der Waals surface area contributed by atoms with Crippen molar-refractivity contribution in [3.8, 4) is 11.8 Å². The maximum absolute atomic E-state index is 12.5. The van der Waals surface area contributed by atoms with E-state index in [9.17, 15) is 26.7 Å². The van der Waals surface area contributed by atoms with Gasteiger partial charge in [-0.2, -0.15) is 5.26 Å². The molecule has 0 aliphatic rings. The summed E-state index contributed by atoms with van der Waals surface area (Å²) in [4.78, 5) is 12.5. The van der Waals surface area contributed by atoms with Gasteiger partial charge in [0.2, 0.25) is 0 Å². The Kier molecular flexibility index (Phi) is 3.36. The molecule has 0 aliphatic heterocycles. The summed E-state index contributed by atoms with van der Waals surface area (Å²) < 4.78 is 63.9. The van der Waals surface area contributed by atoms with Gasteiger partial charge in [0.25, 0.3) is 12.0 Å². The van der Waals surface area contributed by atoms with Crippen molar-refractivity contribution in [2.75, 3.05) is 0 Å². The number of H-pyrrole nitrogens is 1. The number of halogens is 5. The van der Waals surface area contributed by atoms with Crippen LogP contribution in [0.4, 0.5) is 22.0 Å². The number of rotatable bonds is 2. The predicted molar refractivity (Wildman–Crippen MR) is 43.4 cm³/mol. The van der Waals surface area contributed by atoms with Gasteiger partial charge in [0, 0.05) is 6.07 Å². The highest BCUT2D eigenvalue weighted by atomic mass is 19.4. The number of aromatic amines is 1. The van der Waals surface area contributed by atoms with Crippen LogP contribution in [-0.2, 0) is 0 Å². The van der Waals surface area contributed by atoms with Crippen molar-refractivity contribution in [3.05, 3.63) is 27.7 Å². The number of aromatic nitrogens is 1. The highest BCUT2D eigenvalue weighted by Gasteiger charge is 2.34. The molecule has 0 bridgehead atoms. The van der Waals surface area contributed by atoms with E-state index in [0.29, 0.717) is 0 Å². The molecule has 0 spiro atoms. The molecule has 0 amide bonds. The van der Waals surface area contributed by atoms with Crippen LogP contribution in [0.25, 0.3) is 0 Å². The van der Waals surface area contributed by atoms with Crippen molar-refractivity contribution in [1.29, 1.82) is 5.26 Å². The minimum absolute atomic E-state index is 0.204. The number of nitrogens with zero attached hydrogens (tertiary/aromatic N) is 1. The average molecular weight is 254 g/mol. The van der Waals surface area contributed by atoms with Gasteiger partial charge in [-0.3, -0.25) is 4.79 Å². The van der Waals surface area contributed by atoms with Crippen LogP contribution in [0.5, 0.6) is 5.75 Å². The van der Waals surface area contributed by atoms with E-state index in [2.05, 4.69) is 4.74 Å². The lowest BCUT2D eigenvalue weighted by Gasteiger charge is -2.12. The summed E-state index contributed by atoms with van der Waals surface area (Å²) in [5.41, 5.74) is -3.42. The molecule has 0 saturated carbocycles. The number of alkyl halides is 5. The van der Waals surface area contributed by atoms with E-state index in [4.69, 9.17) is 5.26 Å². The van der Waals surface area contributed by atoms with E-state index in [0.717, 1.165) is 6.07 Å². The molecular weight excluding hydrogens is 251 g/mol. The van der Waals surface area contributed by atoms with E-state index < -0.39 is 35.4 Å². The third-order valence-electron chi connectivity index (χ3n) is 1.60. The summed E-state index contributed by atoms with van der Waals surface area (Å²) in [6.45, 7) is 0. The maximum atomic E-state index is 12.5. The van der Waals surface area contributed by atoms with Gasteiger partial charge in [0.1, 0.15) is 17.5 Å². The molecule has 1 N–H and O–H groups in total. The SMILES string of the molecule is N#Cc1[nH]c(=O)cc(OC(F)(F)F)c1C(F)F. The Morgan fingerprint density at radius 3 is 2.41 bits per heavy atom. The largest absolute Gasteiger partial charge is 0.573 e. The predicted octanol–water partition coefficient (Wildman–Crippen LogP) is 2.08. The second kappa shape index (κ2) is 4.40. The summed E-state index contributed by atoms with van der Waals surface area (Å²) >= 11 is 0. The van der Waals surface area contributed by atoms with Gasteiger partial charge in [-0.05, 0) is 0 Å². The Bertz CT molecular complexity index is 514. The highest BCUT2D eigenvalue weighted by molar-refractivity contribution is 5.42. The van der Waals surface area contributed by atoms with Crippen molar-refractivity contribution in [2.24, 2.45) is 0 Å². The number of hydrogen-bond acceptors (Lipinski definition) is 3. The lowest BCUT2D eigenvalue weighted by atomic mass is 10.2. The quantitative estimate of drug-likeness (QED) is 0.821. The smallest absolute Gasteiger partial charge is 0.405 e. The Morgan fingerprint density at radius 2 is 2.00 bits per heavy atom. The molecule has 9 heteroatoms. The average Bonchev–Trinajstić information content (AvgIpc) is 2.12. The fourth-order valence-electron chi connectivity index (χ4n) is 1.06. The molecular formula is C8H3F5N2O2. The maximum Gasteiger partial charge on any atom is 0.573 e. The number of nitrogens with one attached hydrogen (secondary N) is 1. The number of pyridine rings is 1. The van der Waals surface area contributed by atoms with Crippen LogP contribution >= 0.6 is 0 Å². The lowest BCUT2D eigenvalue weighted by molar-refractivity contribution is -0.275. The molecule has 0 radical (unpaired) electrons. The topological polar surface area (TPSA) is 65.9 Å². The molecule has 0 atom stereocenters. The molecule has 92 valence electrons. The van der Waals surface area contributed by atoms with Crippen LogP contribution in [-0.4, -0.2) is 11.3 Å². The first-order chi connectivity index (χ1) is 7.74. The highest BCUT2D eigenvalue weighted by Crippen LogP contribution is 2.33. The van der Waals surface area contributed by atoms with Crippen LogP contribution in [0.2, 0.25) is 0 Å². The molecule has 0 aromatic carbocycles. The Labute approximate surface area is 90.2 Å². The first-order valence-corrected chi connectivity index (χ1v) is 3.96. The summed E-state index contributed by atoms with van der Waals surface area (Å²) in [6.07, 6.45) is -8.62. The zero-order valence-electron chi connectivity index (χ0n) is 7.81. The second-order valence-corrected chi connectivity index (χ2v) is 2.75. The first kappa shape index (κ1) is 13.0. The van der Waals surface area contributed by atoms with E-state index in [-0.39, 0.29) is 6.07 Å². The minimum Gasteiger partial charge on any atom is -0.405 e. The van der Waals surface area contributed by atoms with Crippen LogP contribution in [0.15, 0.2) is 10.9 Å². The lowest BCUT2D eigenvalue weighted by Crippen LogP contribution is -2.21. The Balaban J connectivity index is 3.42. The standard InChI is InChI=1S/C8H3F5N2O2/c9-7(10)6-3(2-14)15-5(16)1-4(6)17-8(11,12)13/h1,7H,(H,15,16). The molecule has 4 nitrogen and oxygen atoms in total. The van der Waals surface area contributed by atoms with Crippen molar-refractivity contribution in [3.63, 3.8) is 0 Å². The van der Waals surface area contributed by atoms with Crippen molar-refractivity contribution in [1.82, 2.24) is 4.98 Å². The van der Waals surface area contributed by atoms with Gasteiger partial charge in [-0.25, -0.2) is 8.78 Å². The minimum atomic E-state index is -5.23. The second-order valence-electron chi connectivity index (χ2n) is 2.75. The van der Waals surface area contributed by atoms with E-state index >= 15 is 0 Å². The fraction of sp³-hybridized carbons (Fsp3) is 0.250. The molecule has 0 aliphatic carbocycles. The van der Waals surface area contributed by atoms with Gasteiger partial charge in [-0.1, -0.05) is 0 Å². The number of ether oxygens (including phenoxy) is 1. The van der Waals surface area contributed by atoms with Crippen molar-refractivity contribution >= 4 is 0 Å². The molecule has 0 unspecified atom stereocenters. The summed E-state index contributed by atoms with van der Waals surface area (Å²) in [5.74, 6) is -1.38. The van der Waals surface area contributed by atoms with Crippen molar-refractivity contribution in [2.45, 2.75) is 12.8 Å². The third kappa shape index (κ3) is 3.17.